The number of thioether (sulfide) groups is 1. The van der Waals surface area contributed by atoms with Gasteiger partial charge in [-0.25, -0.2) is 4.98 Å². The van der Waals surface area contributed by atoms with E-state index in [4.69, 9.17) is 16.3 Å². The van der Waals surface area contributed by atoms with Crippen LogP contribution in [0.2, 0.25) is 5.02 Å². The van der Waals surface area contributed by atoms with Crippen molar-refractivity contribution in [2.45, 2.75) is 24.7 Å². The van der Waals surface area contributed by atoms with Crippen LogP contribution >= 0.6 is 34.7 Å². The Hall–Kier alpha value is -2.62. The maximum atomic E-state index is 12.8. The number of rotatable bonds is 8. The lowest BCUT2D eigenvalue weighted by Crippen LogP contribution is -2.31. The third kappa shape index (κ3) is 5.06. The molecule has 1 atom stereocenters. The van der Waals surface area contributed by atoms with Crippen LogP contribution in [0.5, 0.6) is 5.75 Å². The van der Waals surface area contributed by atoms with E-state index >= 15 is 0 Å². The number of benzene rings is 2. The van der Waals surface area contributed by atoms with Gasteiger partial charge in [0.05, 0.1) is 22.0 Å². The van der Waals surface area contributed by atoms with Gasteiger partial charge in [0, 0.05) is 19.1 Å². The average Bonchev–Trinajstić information content (AvgIpc) is 3.39. The van der Waals surface area contributed by atoms with Crippen LogP contribution in [0.3, 0.4) is 0 Å². The standard InChI is InChI=1S/C22H22ClN5O2S2/c1-14(21-24-17-6-4-5-7-18(17)32-21)27(2)20(29)13-31-22-26-25-19(28(22)3)12-30-16-10-8-15(23)9-11-16/h4-11,14H,12-13H2,1-3H3/t14-/m0/s1. The first kappa shape index (κ1) is 22.6. The van der Waals surface area contributed by atoms with Crippen LogP contribution in [0.15, 0.2) is 53.7 Å². The monoisotopic (exact) mass is 487 g/mol. The molecule has 2 aromatic heterocycles. The van der Waals surface area contributed by atoms with Crippen LogP contribution in [0.4, 0.5) is 0 Å². The maximum Gasteiger partial charge on any atom is 0.233 e. The lowest BCUT2D eigenvalue weighted by molar-refractivity contribution is -0.128. The van der Waals surface area contributed by atoms with Gasteiger partial charge in [0.15, 0.2) is 11.0 Å². The third-order valence-electron chi connectivity index (χ3n) is 5.07. The molecule has 0 bridgehead atoms. The number of hydrogen-bond acceptors (Lipinski definition) is 7. The van der Waals surface area contributed by atoms with Crippen molar-refractivity contribution in [1.29, 1.82) is 0 Å². The van der Waals surface area contributed by atoms with E-state index < -0.39 is 0 Å². The molecule has 2 heterocycles. The van der Waals surface area contributed by atoms with E-state index in [0.29, 0.717) is 21.8 Å². The van der Waals surface area contributed by atoms with Gasteiger partial charge in [-0.3, -0.25) is 4.79 Å². The first-order chi connectivity index (χ1) is 15.4. The summed E-state index contributed by atoms with van der Waals surface area (Å²) >= 11 is 8.86. The van der Waals surface area contributed by atoms with Gasteiger partial charge in [-0.05, 0) is 43.3 Å². The van der Waals surface area contributed by atoms with Gasteiger partial charge in [0.2, 0.25) is 5.91 Å². The fourth-order valence-electron chi connectivity index (χ4n) is 2.95. The van der Waals surface area contributed by atoms with E-state index in [1.165, 1.54) is 11.8 Å². The summed E-state index contributed by atoms with van der Waals surface area (Å²) in [5.74, 6) is 1.64. The van der Waals surface area contributed by atoms with Crippen molar-refractivity contribution in [3.8, 4) is 5.75 Å². The second-order valence-electron chi connectivity index (χ2n) is 7.19. The molecule has 4 aromatic rings. The zero-order valence-corrected chi connectivity index (χ0v) is 20.2. The predicted molar refractivity (Wildman–Crippen MR) is 128 cm³/mol. The second kappa shape index (κ2) is 9.89. The number of aromatic nitrogens is 4. The number of ether oxygens (including phenoxy) is 1. The Labute approximate surface area is 199 Å². The molecule has 0 saturated carbocycles. The number of para-hydroxylation sites is 1. The summed E-state index contributed by atoms with van der Waals surface area (Å²) in [5, 5.41) is 10.6. The fraction of sp³-hybridized carbons (Fsp3) is 0.273. The van der Waals surface area contributed by atoms with Crippen molar-refractivity contribution >= 4 is 50.8 Å². The highest BCUT2D eigenvalue weighted by molar-refractivity contribution is 7.99. The summed E-state index contributed by atoms with van der Waals surface area (Å²) < 4.78 is 8.70. The lowest BCUT2D eigenvalue weighted by atomic mass is 10.3. The molecule has 0 radical (unpaired) electrons. The maximum absolute atomic E-state index is 12.8. The molecule has 7 nitrogen and oxygen atoms in total. The summed E-state index contributed by atoms with van der Waals surface area (Å²) in [5.41, 5.74) is 0.960. The summed E-state index contributed by atoms with van der Waals surface area (Å²) in [6.45, 7) is 2.27. The van der Waals surface area contributed by atoms with Crippen molar-refractivity contribution in [2.75, 3.05) is 12.8 Å². The molecule has 0 aliphatic carbocycles. The molecule has 1 amide bonds. The smallest absolute Gasteiger partial charge is 0.233 e. The molecular weight excluding hydrogens is 466 g/mol. The molecule has 0 spiro atoms. The quantitative estimate of drug-likeness (QED) is 0.327. The van der Waals surface area contributed by atoms with Crippen LogP contribution in [0, 0.1) is 0 Å². The van der Waals surface area contributed by atoms with Crippen LogP contribution in [0.25, 0.3) is 10.2 Å². The van der Waals surface area contributed by atoms with Gasteiger partial charge in [0.1, 0.15) is 17.4 Å². The number of hydrogen-bond donors (Lipinski definition) is 0. The second-order valence-corrected chi connectivity index (χ2v) is 9.63. The van der Waals surface area contributed by atoms with Crippen LogP contribution in [0.1, 0.15) is 23.8 Å². The molecule has 0 unspecified atom stereocenters. The van der Waals surface area contributed by atoms with Crippen LogP contribution < -0.4 is 4.74 Å². The van der Waals surface area contributed by atoms with Crippen LogP contribution in [-0.2, 0) is 18.4 Å². The van der Waals surface area contributed by atoms with E-state index in [-0.39, 0.29) is 24.3 Å². The molecular formula is C22H22ClN5O2S2. The highest BCUT2D eigenvalue weighted by Crippen LogP contribution is 2.29. The molecule has 0 saturated heterocycles. The summed E-state index contributed by atoms with van der Waals surface area (Å²) in [6.07, 6.45) is 0. The Balaban J connectivity index is 1.33. The third-order valence-corrected chi connectivity index (χ3v) is 7.54. The van der Waals surface area contributed by atoms with Crippen molar-refractivity contribution < 1.29 is 9.53 Å². The minimum atomic E-state index is -0.108. The largest absolute Gasteiger partial charge is 0.486 e. The normalized spacial score (nSPS) is 12.1. The number of halogens is 1. The molecule has 2 aromatic carbocycles. The van der Waals surface area contributed by atoms with E-state index in [9.17, 15) is 4.79 Å². The Bertz CT molecular complexity index is 1190. The van der Waals surface area contributed by atoms with E-state index in [2.05, 4.69) is 15.2 Å². The van der Waals surface area contributed by atoms with E-state index in [1.807, 2.05) is 49.9 Å². The molecule has 10 heteroatoms. The highest BCUT2D eigenvalue weighted by atomic mass is 35.5. The Morgan fingerprint density at radius 1 is 1.22 bits per heavy atom. The SMILES string of the molecule is C[C@@H](c1nc2ccccc2s1)N(C)C(=O)CSc1nnc(COc2ccc(Cl)cc2)n1C. The number of nitrogens with zero attached hydrogens (tertiary/aromatic N) is 5. The first-order valence-corrected chi connectivity index (χ1v) is 12.1. The van der Waals surface area contributed by atoms with E-state index in [0.717, 1.165) is 15.2 Å². The molecule has 4 rings (SSSR count). The number of carbonyl (C=O) groups excluding carboxylic acids is 1. The highest BCUT2D eigenvalue weighted by Gasteiger charge is 2.21. The minimum Gasteiger partial charge on any atom is -0.486 e. The zero-order valence-electron chi connectivity index (χ0n) is 17.9. The van der Waals surface area contributed by atoms with Crippen molar-refractivity contribution in [2.24, 2.45) is 7.05 Å². The first-order valence-electron chi connectivity index (χ1n) is 9.93. The van der Waals surface area contributed by atoms with Crippen molar-refractivity contribution in [3.05, 3.63) is 64.4 Å². The Morgan fingerprint density at radius 3 is 2.72 bits per heavy atom. The van der Waals surface area contributed by atoms with Crippen molar-refractivity contribution in [3.63, 3.8) is 0 Å². The topological polar surface area (TPSA) is 73.1 Å². The Morgan fingerprint density at radius 2 is 1.97 bits per heavy atom. The molecule has 0 aliphatic heterocycles. The molecule has 32 heavy (non-hydrogen) atoms. The van der Waals surface area contributed by atoms with Gasteiger partial charge in [-0.1, -0.05) is 35.5 Å². The van der Waals surface area contributed by atoms with Crippen molar-refractivity contribution in [1.82, 2.24) is 24.6 Å². The van der Waals surface area contributed by atoms with Gasteiger partial charge in [0.25, 0.3) is 0 Å². The number of fused-ring (bicyclic) bond motifs is 1. The molecule has 0 N–H and O–H groups in total. The van der Waals surface area contributed by atoms with Gasteiger partial charge in [-0.2, -0.15) is 0 Å². The van der Waals surface area contributed by atoms with Gasteiger partial charge < -0.3 is 14.2 Å². The summed E-state index contributed by atoms with van der Waals surface area (Å²) in [6, 6.07) is 15.0. The summed E-state index contributed by atoms with van der Waals surface area (Å²) in [7, 11) is 3.67. The lowest BCUT2D eigenvalue weighted by Gasteiger charge is -2.23. The number of amides is 1. The number of carbonyl (C=O) groups is 1. The average molecular weight is 488 g/mol. The molecule has 166 valence electrons. The summed E-state index contributed by atoms with van der Waals surface area (Å²) in [4.78, 5) is 19.2. The van der Waals surface area contributed by atoms with E-state index in [1.54, 1.807) is 40.5 Å². The Kier molecular flexibility index (Phi) is 6.98. The molecule has 0 fully saturated rings. The zero-order chi connectivity index (χ0) is 22.7. The molecule has 0 aliphatic rings. The predicted octanol–water partition coefficient (Wildman–Crippen LogP) is 4.97. The van der Waals surface area contributed by atoms with Gasteiger partial charge >= 0.3 is 0 Å². The number of thiazole rings is 1. The van der Waals surface area contributed by atoms with Gasteiger partial charge in [-0.15, -0.1) is 21.5 Å². The van der Waals surface area contributed by atoms with Crippen LogP contribution in [-0.4, -0.2) is 43.4 Å². The fourth-order valence-corrected chi connectivity index (χ4v) is 5.00. The minimum absolute atomic E-state index is 0.00344.